The van der Waals surface area contributed by atoms with Crippen molar-refractivity contribution in [1.82, 2.24) is 0 Å². The molecule has 0 spiro atoms. The maximum Gasteiger partial charge on any atom is 0.137 e. The summed E-state index contributed by atoms with van der Waals surface area (Å²) in [7, 11) is 0. The van der Waals surface area contributed by atoms with Gasteiger partial charge < -0.3 is 0 Å². The van der Waals surface area contributed by atoms with Crippen molar-refractivity contribution in [3.8, 4) is 0 Å². The second-order valence-corrected chi connectivity index (χ2v) is 4.08. The van der Waals surface area contributed by atoms with E-state index in [0.29, 0.717) is 18.6 Å². The summed E-state index contributed by atoms with van der Waals surface area (Å²) in [6, 6.07) is 0. The number of hydrogen-bond acceptors (Lipinski definition) is 2. The predicted octanol–water partition coefficient (Wildman–Crippen LogP) is 2.36. The van der Waals surface area contributed by atoms with Gasteiger partial charge in [0.2, 0.25) is 0 Å². The van der Waals surface area contributed by atoms with Crippen LogP contribution in [0.15, 0.2) is 0 Å². The molecule has 2 unspecified atom stereocenters. The van der Waals surface area contributed by atoms with Crippen molar-refractivity contribution in [2.45, 2.75) is 46.0 Å². The Morgan fingerprint density at radius 1 is 1.23 bits per heavy atom. The van der Waals surface area contributed by atoms with Gasteiger partial charge in [0.15, 0.2) is 0 Å². The number of hydrogen-bond donors (Lipinski definition) is 0. The van der Waals surface area contributed by atoms with E-state index in [-0.39, 0.29) is 17.6 Å². The molecule has 74 valence electrons. The average molecular weight is 182 g/mol. The third kappa shape index (κ3) is 2.64. The molecule has 13 heavy (non-hydrogen) atoms. The highest BCUT2D eigenvalue weighted by atomic mass is 16.1. The number of ketones is 2. The zero-order chi connectivity index (χ0) is 9.84. The lowest BCUT2D eigenvalue weighted by Gasteiger charge is -2.23. The van der Waals surface area contributed by atoms with E-state index in [9.17, 15) is 9.59 Å². The van der Waals surface area contributed by atoms with Crippen molar-refractivity contribution >= 4 is 11.6 Å². The molecule has 0 aromatic carbocycles. The fourth-order valence-electron chi connectivity index (χ4n) is 1.85. The van der Waals surface area contributed by atoms with E-state index >= 15 is 0 Å². The SMILES string of the molecule is CCCCC1CC(=O)C(C)CC1=O. The van der Waals surface area contributed by atoms with Gasteiger partial charge in [0, 0.05) is 24.7 Å². The van der Waals surface area contributed by atoms with Crippen molar-refractivity contribution in [2.24, 2.45) is 11.8 Å². The molecule has 2 nitrogen and oxygen atoms in total. The quantitative estimate of drug-likeness (QED) is 0.671. The van der Waals surface area contributed by atoms with E-state index < -0.39 is 0 Å². The van der Waals surface area contributed by atoms with E-state index in [0.717, 1.165) is 19.3 Å². The second-order valence-electron chi connectivity index (χ2n) is 4.08. The normalized spacial score (nSPS) is 29.4. The van der Waals surface area contributed by atoms with Crippen LogP contribution in [0.2, 0.25) is 0 Å². The lowest BCUT2D eigenvalue weighted by molar-refractivity contribution is -0.136. The second kappa shape index (κ2) is 4.54. The van der Waals surface area contributed by atoms with Crippen LogP contribution in [0, 0.1) is 11.8 Å². The molecule has 1 rings (SSSR count). The highest BCUT2D eigenvalue weighted by molar-refractivity contribution is 5.95. The van der Waals surface area contributed by atoms with Crippen LogP contribution in [-0.2, 0) is 9.59 Å². The molecule has 0 amide bonds. The number of carbonyl (C=O) groups excluding carboxylic acids is 2. The molecule has 0 N–H and O–H groups in total. The molecular formula is C11H18O2. The summed E-state index contributed by atoms with van der Waals surface area (Å²) in [5, 5.41) is 0. The molecule has 0 aliphatic heterocycles. The van der Waals surface area contributed by atoms with Crippen molar-refractivity contribution in [3.63, 3.8) is 0 Å². The Kier molecular flexibility index (Phi) is 3.64. The van der Waals surface area contributed by atoms with E-state index in [1.54, 1.807) is 0 Å². The minimum atomic E-state index is -0.0228. The van der Waals surface area contributed by atoms with Gasteiger partial charge in [0.25, 0.3) is 0 Å². The first-order chi connectivity index (χ1) is 6.15. The first-order valence-corrected chi connectivity index (χ1v) is 5.20. The van der Waals surface area contributed by atoms with E-state index in [2.05, 4.69) is 6.92 Å². The van der Waals surface area contributed by atoms with Gasteiger partial charge in [-0.2, -0.15) is 0 Å². The van der Waals surface area contributed by atoms with Crippen LogP contribution in [0.5, 0.6) is 0 Å². The van der Waals surface area contributed by atoms with Gasteiger partial charge in [-0.15, -0.1) is 0 Å². The zero-order valence-electron chi connectivity index (χ0n) is 8.51. The summed E-state index contributed by atoms with van der Waals surface area (Å²) in [6.45, 7) is 3.97. The monoisotopic (exact) mass is 182 g/mol. The molecular weight excluding hydrogens is 164 g/mol. The van der Waals surface area contributed by atoms with Crippen LogP contribution < -0.4 is 0 Å². The standard InChI is InChI=1S/C11H18O2/c1-3-4-5-9-7-10(12)8(2)6-11(9)13/h8-9H,3-7H2,1-2H3. The van der Waals surface area contributed by atoms with Crippen LogP contribution in [0.4, 0.5) is 0 Å². The zero-order valence-corrected chi connectivity index (χ0v) is 8.51. The highest BCUT2D eigenvalue weighted by Gasteiger charge is 2.31. The maximum atomic E-state index is 11.5. The minimum Gasteiger partial charge on any atom is -0.299 e. The first kappa shape index (κ1) is 10.4. The van der Waals surface area contributed by atoms with Crippen LogP contribution in [0.1, 0.15) is 46.0 Å². The predicted molar refractivity (Wildman–Crippen MR) is 51.4 cm³/mol. The lowest BCUT2D eigenvalue weighted by atomic mass is 9.79. The Morgan fingerprint density at radius 2 is 1.92 bits per heavy atom. The number of unbranched alkanes of at least 4 members (excludes halogenated alkanes) is 1. The smallest absolute Gasteiger partial charge is 0.137 e. The molecule has 0 aromatic heterocycles. The van der Waals surface area contributed by atoms with Crippen LogP contribution in [0.25, 0.3) is 0 Å². The van der Waals surface area contributed by atoms with Gasteiger partial charge in [-0.25, -0.2) is 0 Å². The summed E-state index contributed by atoms with van der Waals surface area (Å²) >= 11 is 0. The van der Waals surface area contributed by atoms with Crippen LogP contribution in [0.3, 0.4) is 0 Å². The Morgan fingerprint density at radius 3 is 2.54 bits per heavy atom. The molecule has 2 atom stereocenters. The minimum absolute atomic E-state index is 0.0228. The molecule has 2 heteroatoms. The maximum absolute atomic E-state index is 11.5. The third-order valence-electron chi connectivity index (χ3n) is 2.87. The highest BCUT2D eigenvalue weighted by Crippen LogP contribution is 2.26. The third-order valence-corrected chi connectivity index (χ3v) is 2.87. The average Bonchev–Trinajstić information content (AvgIpc) is 2.09. The number of Topliss-reactive ketones (excluding diaryl/α,β-unsaturated/α-hetero) is 2. The molecule has 0 saturated heterocycles. The fourth-order valence-corrected chi connectivity index (χ4v) is 1.85. The summed E-state index contributed by atoms with van der Waals surface area (Å²) in [5.41, 5.74) is 0. The summed E-state index contributed by atoms with van der Waals surface area (Å²) in [5.74, 6) is 0.607. The Balaban J connectivity index is 2.46. The Bertz CT molecular complexity index is 208. The number of rotatable bonds is 3. The Labute approximate surface area is 79.7 Å². The lowest BCUT2D eigenvalue weighted by Crippen LogP contribution is -2.30. The summed E-state index contributed by atoms with van der Waals surface area (Å²) < 4.78 is 0. The van der Waals surface area contributed by atoms with Gasteiger partial charge >= 0.3 is 0 Å². The molecule has 1 aliphatic carbocycles. The van der Waals surface area contributed by atoms with Gasteiger partial charge in [0.1, 0.15) is 11.6 Å². The van der Waals surface area contributed by atoms with E-state index in [1.165, 1.54) is 0 Å². The van der Waals surface area contributed by atoms with Gasteiger partial charge in [0.05, 0.1) is 0 Å². The molecule has 0 heterocycles. The largest absolute Gasteiger partial charge is 0.299 e. The van der Waals surface area contributed by atoms with E-state index in [4.69, 9.17) is 0 Å². The molecule has 1 aliphatic rings. The topological polar surface area (TPSA) is 34.1 Å². The molecule has 1 fully saturated rings. The Hall–Kier alpha value is -0.660. The van der Waals surface area contributed by atoms with Crippen LogP contribution >= 0.6 is 0 Å². The van der Waals surface area contributed by atoms with Gasteiger partial charge in [-0.3, -0.25) is 9.59 Å². The van der Waals surface area contributed by atoms with Crippen molar-refractivity contribution < 1.29 is 9.59 Å². The molecule has 1 saturated carbocycles. The van der Waals surface area contributed by atoms with Gasteiger partial charge in [-0.05, 0) is 6.42 Å². The van der Waals surface area contributed by atoms with Crippen molar-refractivity contribution in [3.05, 3.63) is 0 Å². The van der Waals surface area contributed by atoms with Crippen molar-refractivity contribution in [1.29, 1.82) is 0 Å². The molecule has 0 aromatic rings. The molecule has 0 radical (unpaired) electrons. The van der Waals surface area contributed by atoms with Crippen molar-refractivity contribution in [2.75, 3.05) is 0 Å². The first-order valence-electron chi connectivity index (χ1n) is 5.20. The summed E-state index contributed by atoms with van der Waals surface area (Å²) in [6.07, 6.45) is 4.06. The van der Waals surface area contributed by atoms with Crippen LogP contribution in [-0.4, -0.2) is 11.6 Å². The fraction of sp³-hybridized carbons (Fsp3) is 0.818. The summed E-state index contributed by atoms with van der Waals surface area (Å²) in [4.78, 5) is 22.9. The number of carbonyl (C=O) groups is 2. The molecule has 0 bridgehead atoms. The van der Waals surface area contributed by atoms with E-state index in [1.807, 2.05) is 6.92 Å². The van der Waals surface area contributed by atoms with Gasteiger partial charge in [-0.1, -0.05) is 26.7 Å².